The van der Waals surface area contributed by atoms with Gasteiger partial charge in [-0.2, -0.15) is 13.2 Å². The average Bonchev–Trinajstić information content (AvgIpc) is 2.69. The number of rotatable bonds is 6. The molecule has 0 radical (unpaired) electrons. The molecule has 150 valence electrons. The zero-order valence-electron chi connectivity index (χ0n) is 15.3. The zero-order chi connectivity index (χ0) is 20.0. The Hall–Kier alpha value is -2.38. The summed E-state index contributed by atoms with van der Waals surface area (Å²) in [5.41, 5.74) is 0.708. The molecule has 0 aliphatic carbocycles. The quantitative estimate of drug-likeness (QED) is 0.751. The van der Waals surface area contributed by atoms with Crippen LogP contribution < -0.4 is 0 Å². The lowest BCUT2D eigenvalue weighted by Gasteiger charge is -2.33. The SMILES string of the molecule is O=C(Cc1ccccc1)N1CCOC(COCc2cccc(C(F)(F)F)c2)C1. The third-order valence-corrected chi connectivity index (χ3v) is 4.52. The van der Waals surface area contributed by atoms with Gasteiger partial charge in [0.05, 0.1) is 37.9 Å². The molecule has 2 aromatic carbocycles. The predicted molar refractivity (Wildman–Crippen MR) is 97.6 cm³/mol. The number of benzene rings is 2. The second kappa shape index (κ2) is 9.21. The maximum absolute atomic E-state index is 12.8. The molecule has 1 atom stereocenters. The molecule has 0 N–H and O–H groups in total. The van der Waals surface area contributed by atoms with E-state index in [9.17, 15) is 18.0 Å². The maximum Gasteiger partial charge on any atom is 0.416 e. The van der Waals surface area contributed by atoms with E-state index in [4.69, 9.17) is 9.47 Å². The van der Waals surface area contributed by atoms with Gasteiger partial charge in [0.15, 0.2) is 0 Å². The normalized spacial score (nSPS) is 17.5. The molecule has 0 saturated carbocycles. The van der Waals surface area contributed by atoms with Crippen LogP contribution >= 0.6 is 0 Å². The summed E-state index contributed by atoms with van der Waals surface area (Å²) in [4.78, 5) is 14.2. The molecule has 0 aromatic heterocycles. The minimum absolute atomic E-state index is 0.0254. The van der Waals surface area contributed by atoms with E-state index in [-0.39, 0.29) is 25.2 Å². The Morgan fingerprint density at radius 3 is 2.61 bits per heavy atom. The summed E-state index contributed by atoms with van der Waals surface area (Å²) in [5, 5.41) is 0. The first kappa shape index (κ1) is 20.4. The lowest BCUT2D eigenvalue weighted by Crippen LogP contribution is -2.47. The second-order valence-electron chi connectivity index (χ2n) is 6.71. The van der Waals surface area contributed by atoms with Gasteiger partial charge in [-0.05, 0) is 23.3 Å². The summed E-state index contributed by atoms with van der Waals surface area (Å²) in [7, 11) is 0. The monoisotopic (exact) mass is 393 g/mol. The van der Waals surface area contributed by atoms with Gasteiger partial charge >= 0.3 is 6.18 Å². The molecular weight excluding hydrogens is 371 g/mol. The molecule has 0 bridgehead atoms. The van der Waals surface area contributed by atoms with Crippen molar-refractivity contribution < 1.29 is 27.4 Å². The van der Waals surface area contributed by atoms with E-state index in [0.717, 1.165) is 17.7 Å². The highest BCUT2D eigenvalue weighted by Crippen LogP contribution is 2.29. The van der Waals surface area contributed by atoms with Gasteiger partial charge in [-0.1, -0.05) is 42.5 Å². The largest absolute Gasteiger partial charge is 0.416 e. The van der Waals surface area contributed by atoms with Crippen LogP contribution in [0.15, 0.2) is 54.6 Å². The maximum atomic E-state index is 12.8. The number of nitrogens with zero attached hydrogens (tertiary/aromatic N) is 1. The Bertz CT molecular complexity index is 780. The fourth-order valence-electron chi connectivity index (χ4n) is 3.07. The van der Waals surface area contributed by atoms with Gasteiger partial charge < -0.3 is 14.4 Å². The number of hydrogen-bond acceptors (Lipinski definition) is 3. The van der Waals surface area contributed by atoms with Gasteiger partial charge in [-0.3, -0.25) is 4.79 Å². The fraction of sp³-hybridized carbons (Fsp3) is 0.381. The first-order valence-electron chi connectivity index (χ1n) is 9.09. The number of morpholine rings is 1. The van der Waals surface area contributed by atoms with E-state index >= 15 is 0 Å². The minimum atomic E-state index is -4.37. The first-order valence-corrected chi connectivity index (χ1v) is 9.09. The highest BCUT2D eigenvalue weighted by molar-refractivity contribution is 5.78. The van der Waals surface area contributed by atoms with Gasteiger partial charge in [0.1, 0.15) is 0 Å². The van der Waals surface area contributed by atoms with E-state index < -0.39 is 11.7 Å². The molecule has 3 rings (SSSR count). The van der Waals surface area contributed by atoms with Crippen LogP contribution in [0, 0.1) is 0 Å². The summed E-state index contributed by atoms with van der Waals surface area (Å²) < 4.78 is 49.4. The second-order valence-corrected chi connectivity index (χ2v) is 6.71. The Kier molecular flexibility index (Phi) is 6.70. The van der Waals surface area contributed by atoms with Crippen LogP contribution in [0.25, 0.3) is 0 Å². The molecule has 1 saturated heterocycles. The molecule has 1 aliphatic heterocycles. The predicted octanol–water partition coefficient (Wildman–Crippen LogP) is 3.69. The molecule has 7 heteroatoms. The van der Waals surface area contributed by atoms with Crippen molar-refractivity contribution in [3.63, 3.8) is 0 Å². The number of hydrogen-bond donors (Lipinski definition) is 0. The van der Waals surface area contributed by atoms with E-state index in [1.807, 2.05) is 30.3 Å². The first-order chi connectivity index (χ1) is 13.4. The highest BCUT2D eigenvalue weighted by atomic mass is 19.4. The highest BCUT2D eigenvalue weighted by Gasteiger charge is 2.30. The van der Waals surface area contributed by atoms with Crippen LogP contribution in [0.3, 0.4) is 0 Å². The lowest BCUT2D eigenvalue weighted by atomic mass is 10.1. The van der Waals surface area contributed by atoms with Crippen LogP contribution in [-0.4, -0.2) is 43.2 Å². The standard InChI is InChI=1S/C21H22F3NO3/c22-21(23,24)18-8-4-7-17(11-18)14-27-15-19-13-25(9-10-28-19)20(26)12-16-5-2-1-3-6-16/h1-8,11,19H,9-10,12-15H2. The molecule has 0 spiro atoms. The van der Waals surface area contributed by atoms with Crippen molar-refractivity contribution in [2.45, 2.75) is 25.3 Å². The molecule has 28 heavy (non-hydrogen) atoms. The summed E-state index contributed by atoms with van der Waals surface area (Å²) in [6.45, 7) is 1.62. The smallest absolute Gasteiger partial charge is 0.374 e. The van der Waals surface area contributed by atoms with Crippen LogP contribution in [0.4, 0.5) is 13.2 Å². The Morgan fingerprint density at radius 1 is 1.11 bits per heavy atom. The summed E-state index contributed by atoms with van der Waals surface area (Å²) in [5.74, 6) is 0.0254. The topological polar surface area (TPSA) is 38.8 Å². The molecule has 1 amide bonds. The van der Waals surface area contributed by atoms with E-state index in [1.165, 1.54) is 6.07 Å². The van der Waals surface area contributed by atoms with Crippen LogP contribution in [0.5, 0.6) is 0 Å². The summed E-state index contributed by atoms with van der Waals surface area (Å²) >= 11 is 0. The lowest BCUT2D eigenvalue weighted by molar-refractivity contribution is -0.140. The Morgan fingerprint density at radius 2 is 1.86 bits per heavy atom. The van der Waals surface area contributed by atoms with Gasteiger partial charge in [0.2, 0.25) is 5.91 Å². The molecule has 4 nitrogen and oxygen atoms in total. The number of amides is 1. The summed E-state index contributed by atoms with van der Waals surface area (Å²) in [6.07, 6.45) is -4.33. The fourth-order valence-corrected chi connectivity index (χ4v) is 3.07. The third-order valence-electron chi connectivity index (χ3n) is 4.52. The number of carbonyl (C=O) groups is 1. The molecular formula is C21H22F3NO3. The number of alkyl halides is 3. The van der Waals surface area contributed by atoms with Gasteiger partial charge in [-0.25, -0.2) is 0 Å². The van der Waals surface area contributed by atoms with Crippen LogP contribution in [0.1, 0.15) is 16.7 Å². The third kappa shape index (κ3) is 5.81. The zero-order valence-corrected chi connectivity index (χ0v) is 15.3. The van der Waals surface area contributed by atoms with E-state index in [2.05, 4.69) is 0 Å². The molecule has 1 aliphatic rings. The number of carbonyl (C=O) groups excluding carboxylic acids is 1. The van der Waals surface area contributed by atoms with Crippen molar-refractivity contribution in [1.29, 1.82) is 0 Å². The molecule has 1 fully saturated rings. The number of ether oxygens (including phenoxy) is 2. The average molecular weight is 393 g/mol. The van der Waals surface area contributed by atoms with Crippen molar-refractivity contribution in [2.75, 3.05) is 26.3 Å². The molecule has 2 aromatic rings. The number of halogens is 3. The van der Waals surface area contributed by atoms with E-state index in [0.29, 0.717) is 31.7 Å². The van der Waals surface area contributed by atoms with Gasteiger partial charge in [0, 0.05) is 13.1 Å². The minimum Gasteiger partial charge on any atom is -0.374 e. The van der Waals surface area contributed by atoms with Crippen LogP contribution in [-0.2, 0) is 33.5 Å². The van der Waals surface area contributed by atoms with Crippen LogP contribution in [0.2, 0.25) is 0 Å². The van der Waals surface area contributed by atoms with Crippen molar-refractivity contribution >= 4 is 5.91 Å². The van der Waals surface area contributed by atoms with E-state index in [1.54, 1.807) is 11.0 Å². The van der Waals surface area contributed by atoms with Crippen molar-refractivity contribution in [1.82, 2.24) is 4.90 Å². The summed E-state index contributed by atoms with van der Waals surface area (Å²) in [6, 6.07) is 14.6. The Labute approximate surface area is 161 Å². The van der Waals surface area contributed by atoms with Crippen molar-refractivity contribution in [3.8, 4) is 0 Å². The van der Waals surface area contributed by atoms with Crippen molar-refractivity contribution in [2.24, 2.45) is 0 Å². The Balaban J connectivity index is 1.47. The van der Waals surface area contributed by atoms with Crippen molar-refractivity contribution in [3.05, 3.63) is 71.3 Å². The molecule has 1 heterocycles. The van der Waals surface area contributed by atoms with Gasteiger partial charge in [-0.15, -0.1) is 0 Å². The molecule has 1 unspecified atom stereocenters. The van der Waals surface area contributed by atoms with Gasteiger partial charge in [0.25, 0.3) is 0 Å².